The number of fused-ring (bicyclic) bond motifs is 1. The molecule has 2 aliphatic rings. The summed E-state index contributed by atoms with van der Waals surface area (Å²) in [7, 11) is 0. The maximum absolute atomic E-state index is 13.5. The molecule has 0 spiro atoms. The van der Waals surface area contributed by atoms with Crippen LogP contribution in [-0.4, -0.2) is 65.3 Å². The number of ketones is 1. The van der Waals surface area contributed by atoms with E-state index in [4.69, 9.17) is 18.9 Å². The fourth-order valence-corrected chi connectivity index (χ4v) is 6.11. The molecule has 1 N–H and O–H groups in total. The molecule has 1 fully saturated rings. The van der Waals surface area contributed by atoms with Crippen LogP contribution in [0.3, 0.4) is 0 Å². The van der Waals surface area contributed by atoms with E-state index >= 15 is 0 Å². The lowest BCUT2D eigenvalue weighted by Gasteiger charge is -2.43. The van der Waals surface area contributed by atoms with Crippen LogP contribution in [0.25, 0.3) is 0 Å². The van der Waals surface area contributed by atoms with Gasteiger partial charge in [0.1, 0.15) is 24.1 Å². The topological polar surface area (TPSA) is 143 Å². The summed E-state index contributed by atoms with van der Waals surface area (Å²) in [4.78, 5) is 64.2. The van der Waals surface area contributed by atoms with Gasteiger partial charge >= 0.3 is 23.9 Å². The molecule has 2 aliphatic carbocycles. The number of hydrogen-bond donors (Lipinski definition) is 1. The van der Waals surface area contributed by atoms with Crippen molar-refractivity contribution in [3.8, 4) is 0 Å². The smallest absolute Gasteiger partial charge is 0.338 e. The molecular weight excluding hydrogens is 556 g/mol. The van der Waals surface area contributed by atoms with E-state index in [1.807, 2.05) is 6.92 Å². The Morgan fingerprint density at radius 1 is 0.930 bits per heavy atom. The van der Waals surface area contributed by atoms with Crippen molar-refractivity contribution in [2.75, 3.05) is 6.61 Å². The molecule has 1 saturated carbocycles. The van der Waals surface area contributed by atoms with Gasteiger partial charge in [0.25, 0.3) is 0 Å². The van der Waals surface area contributed by atoms with Gasteiger partial charge in [-0.05, 0) is 43.9 Å². The first-order chi connectivity index (χ1) is 20.1. The van der Waals surface area contributed by atoms with Gasteiger partial charge in [-0.25, -0.2) is 4.79 Å². The number of ether oxygens (including phenoxy) is 4. The first-order valence-electron chi connectivity index (χ1n) is 14.5. The van der Waals surface area contributed by atoms with Crippen LogP contribution in [0.1, 0.15) is 71.7 Å². The summed E-state index contributed by atoms with van der Waals surface area (Å²) in [5.41, 5.74) is -2.11. The zero-order chi connectivity index (χ0) is 32.1. The lowest BCUT2D eigenvalue weighted by molar-refractivity contribution is -0.195. The van der Waals surface area contributed by atoms with Crippen LogP contribution in [0, 0.1) is 23.2 Å². The second-order valence-electron chi connectivity index (χ2n) is 12.1. The molecule has 0 unspecified atom stereocenters. The minimum Gasteiger partial charge on any atom is -0.458 e. The lowest BCUT2D eigenvalue weighted by atomic mass is 9.75. The molecule has 234 valence electrons. The maximum atomic E-state index is 13.5. The highest BCUT2D eigenvalue weighted by Crippen LogP contribution is 2.51. The zero-order valence-corrected chi connectivity index (χ0v) is 25.8. The Balaban J connectivity index is 2.33. The molecule has 43 heavy (non-hydrogen) atoms. The van der Waals surface area contributed by atoms with E-state index < -0.39 is 77.6 Å². The number of aliphatic hydroxyl groups is 1. The number of rotatable bonds is 6. The van der Waals surface area contributed by atoms with Gasteiger partial charge in [0.05, 0.1) is 18.1 Å². The molecule has 0 bridgehead atoms. The van der Waals surface area contributed by atoms with Crippen molar-refractivity contribution in [3.63, 3.8) is 0 Å². The van der Waals surface area contributed by atoms with Crippen molar-refractivity contribution in [2.45, 2.75) is 85.2 Å². The third-order valence-electron chi connectivity index (χ3n) is 8.16. The summed E-state index contributed by atoms with van der Waals surface area (Å²) in [5.74, 6) is -4.78. The molecule has 0 aliphatic heterocycles. The Morgan fingerprint density at radius 2 is 1.56 bits per heavy atom. The molecule has 10 nitrogen and oxygen atoms in total. The number of esters is 4. The highest BCUT2D eigenvalue weighted by Gasteiger charge is 2.62. The Bertz CT molecular complexity index is 1280. The van der Waals surface area contributed by atoms with Crippen molar-refractivity contribution in [1.82, 2.24) is 0 Å². The van der Waals surface area contributed by atoms with Gasteiger partial charge in [0.15, 0.2) is 5.60 Å². The Kier molecular flexibility index (Phi) is 10.7. The predicted molar refractivity (Wildman–Crippen MR) is 155 cm³/mol. The Hall–Kier alpha value is -3.79. The van der Waals surface area contributed by atoms with Gasteiger partial charge in [-0.15, -0.1) is 0 Å². The van der Waals surface area contributed by atoms with Crippen LogP contribution in [0.2, 0.25) is 0 Å². The molecule has 0 saturated heterocycles. The molecule has 1 aromatic carbocycles. The van der Waals surface area contributed by atoms with E-state index in [9.17, 15) is 29.1 Å². The van der Waals surface area contributed by atoms with Crippen molar-refractivity contribution >= 4 is 29.7 Å². The molecule has 0 amide bonds. The summed E-state index contributed by atoms with van der Waals surface area (Å²) in [6.45, 7) is 10.1. The highest BCUT2D eigenvalue weighted by atomic mass is 16.6. The van der Waals surface area contributed by atoms with E-state index in [1.54, 1.807) is 69.3 Å². The minimum atomic E-state index is -1.56. The van der Waals surface area contributed by atoms with Crippen LogP contribution in [0.4, 0.5) is 0 Å². The standard InChI is InChI=1S/C33H42O10/c1-19-13-14-32(6,7)28(38)16-27(40-21(3)35)25(18-34)15-26-29(42-31(39)24-11-9-8-10-12-24)20(2)17-33(26,43-23(5)37)30(19)41-22(4)36/h8-15,19-20,26-27,29-30,34H,16-18H2,1-7H3/b14-13+,25-15+/t19-,20-,26+,27-,29+,30-,33-/m1/s1. The van der Waals surface area contributed by atoms with Gasteiger partial charge in [0.2, 0.25) is 0 Å². The van der Waals surface area contributed by atoms with E-state index in [1.165, 1.54) is 20.8 Å². The average molecular weight is 599 g/mol. The van der Waals surface area contributed by atoms with E-state index in [0.29, 0.717) is 5.56 Å². The first kappa shape index (κ1) is 33.7. The summed E-state index contributed by atoms with van der Waals surface area (Å²) < 4.78 is 23.6. The van der Waals surface area contributed by atoms with Crippen LogP contribution in [0.15, 0.2) is 54.1 Å². The molecule has 7 atom stereocenters. The highest BCUT2D eigenvalue weighted by molar-refractivity contribution is 5.89. The fourth-order valence-electron chi connectivity index (χ4n) is 6.11. The summed E-state index contributed by atoms with van der Waals surface area (Å²) in [6.07, 6.45) is 1.73. The van der Waals surface area contributed by atoms with Gasteiger partial charge in [-0.2, -0.15) is 0 Å². The number of benzene rings is 1. The second-order valence-corrected chi connectivity index (χ2v) is 12.1. The molecule has 0 radical (unpaired) electrons. The largest absolute Gasteiger partial charge is 0.458 e. The molecule has 3 rings (SSSR count). The van der Waals surface area contributed by atoms with E-state index in [0.717, 1.165) is 0 Å². The lowest BCUT2D eigenvalue weighted by Crippen LogP contribution is -2.55. The number of carbonyl (C=O) groups is 5. The monoisotopic (exact) mass is 598 g/mol. The second kappa shape index (κ2) is 13.7. The van der Waals surface area contributed by atoms with Gasteiger partial charge in [-0.3, -0.25) is 19.2 Å². The Labute approximate surface area is 252 Å². The molecule has 0 aromatic heterocycles. The summed E-state index contributed by atoms with van der Waals surface area (Å²) in [5, 5.41) is 10.6. The summed E-state index contributed by atoms with van der Waals surface area (Å²) in [6, 6.07) is 8.38. The Morgan fingerprint density at radius 3 is 2.12 bits per heavy atom. The predicted octanol–water partition coefficient (Wildman–Crippen LogP) is 4.14. The first-order valence-corrected chi connectivity index (χ1v) is 14.5. The van der Waals surface area contributed by atoms with Crippen LogP contribution in [-0.2, 0) is 38.1 Å². The van der Waals surface area contributed by atoms with Crippen molar-refractivity contribution in [1.29, 1.82) is 0 Å². The number of Topliss-reactive ketones (excluding diaryl/α,β-unsaturated/α-hetero) is 1. The van der Waals surface area contributed by atoms with Crippen LogP contribution < -0.4 is 0 Å². The van der Waals surface area contributed by atoms with Gasteiger partial charge in [0, 0.05) is 38.5 Å². The number of allylic oxidation sites excluding steroid dienone is 1. The third kappa shape index (κ3) is 7.79. The number of aliphatic hydroxyl groups excluding tert-OH is 1. The minimum absolute atomic E-state index is 0.135. The van der Waals surface area contributed by atoms with Crippen LogP contribution in [0.5, 0.6) is 0 Å². The SMILES string of the molecule is CC(=O)O[C@@H]1[C@H](C)/C=C/C(C)(C)C(=O)C[C@@H](OC(C)=O)/C(CO)=C/[C@H]2[C@@H](OC(=O)c3ccccc3)[C@H](C)C[C@]12OC(C)=O. The van der Waals surface area contributed by atoms with Crippen molar-refractivity contribution in [2.24, 2.45) is 23.2 Å². The molecule has 1 aromatic rings. The van der Waals surface area contributed by atoms with Crippen molar-refractivity contribution < 1.29 is 48.0 Å². The number of carbonyl (C=O) groups excluding carboxylic acids is 5. The van der Waals surface area contributed by atoms with Gasteiger partial charge in [-0.1, -0.05) is 50.3 Å². The molecule has 0 heterocycles. The van der Waals surface area contributed by atoms with E-state index in [2.05, 4.69) is 0 Å². The third-order valence-corrected chi connectivity index (χ3v) is 8.16. The van der Waals surface area contributed by atoms with Crippen LogP contribution >= 0.6 is 0 Å². The quantitative estimate of drug-likeness (QED) is 0.288. The number of hydrogen-bond acceptors (Lipinski definition) is 10. The molecule has 10 heteroatoms. The van der Waals surface area contributed by atoms with Crippen molar-refractivity contribution in [3.05, 3.63) is 59.7 Å². The van der Waals surface area contributed by atoms with Gasteiger partial charge < -0.3 is 24.1 Å². The average Bonchev–Trinajstić information content (AvgIpc) is 3.17. The molecular formula is C33H42O10. The maximum Gasteiger partial charge on any atom is 0.338 e. The normalized spacial score (nSPS) is 32.5. The zero-order valence-electron chi connectivity index (χ0n) is 25.8. The van der Waals surface area contributed by atoms with E-state index in [-0.39, 0.29) is 24.2 Å². The summed E-state index contributed by atoms with van der Waals surface area (Å²) >= 11 is 0. The fraction of sp³-hybridized carbons (Fsp3) is 0.545.